The van der Waals surface area contributed by atoms with E-state index in [0.29, 0.717) is 16.9 Å². The summed E-state index contributed by atoms with van der Waals surface area (Å²) in [5.41, 5.74) is 1.08. The van der Waals surface area contributed by atoms with Gasteiger partial charge in [0.05, 0.1) is 23.7 Å². The second kappa shape index (κ2) is 5.73. The predicted octanol–water partition coefficient (Wildman–Crippen LogP) is 1.63. The van der Waals surface area contributed by atoms with Crippen LogP contribution < -0.4 is 4.90 Å². The highest BCUT2D eigenvalue weighted by Gasteiger charge is 2.13. The van der Waals surface area contributed by atoms with Crippen LogP contribution in [0, 0.1) is 23.7 Å². The third kappa shape index (κ3) is 2.68. The fourth-order valence-corrected chi connectivity index (χ4v) is 1.91. The predicted molar refractivity (Wildman–Crippen MR) is 75.1 cm³/mol. The number of benzene rings is 1. The molecule has 2 rings (SSSR count). The molecule has 0 amide bonds. The molecule has 1 heterocycles. The van der Waals surface area contributed by atoms with Crippen LogP contribution in [0.25, 0.3) is 10.9 Å². The van der Waals surface area contributed by atoms with Crippen molar-refractivity contribution in [3.63, 3.8) is 0 Å². The van der Waals surface area contributed by atoms with Crippen molar-refractivity contribution in [3.8, 4) is 18.4 Å². The Morgan fingerprint density at radius 1 is 1.45 bits per heavy atom. The Hall–Kier alpha value is -3.05. The molecule has 0 saturated carbocycles. The van der Waals surface area contributed by atoms with Crippen molar-refractivity contribution in [3.05, 3.63) is 35.9 Å². The number of nitriles is 1. The number of fused-ring (bicyclic) bond motifs is 1. The molecule has 0 radical (unpaired) electrons. The minimum atomic E-state index is -1.01. The molecule has 0 unspecified atom stereocenters. The molecule has 0 aliphatic rings. The monoisotopic (exact) mass is 265 g/mol. The van der Waals surface area contributed by atoms with Gasteiger partial charge in [-0.3, -0.25) is 4.79 Å². The smallest absolute Gasteiger partial charge is 0.323 e. The van der Waals surface area contributed by atoms with Gasteiger partial charge in [0.15, 0.2) is 0 Å². The lowest BCUT2D eigenvalue weighted by Gasteiger charge is -2.19. The van der Waals surface area contributed by atoms with Crippen LogP contribution in [0.3, 0.4) is 0 Å². The minimum absolute atomic E-state index is 0.114. The maximum atomic E-state index is 10.9. The summed E-state index contributed by atoms with van der Waals surface area (Å²) in [6.07, 6.45) is 5.25. The summed E-state index contributed by atoms with van der Waals surface area (Å²) in [7, 11) is 0. The molecule has 98 valence electrons. The Morgan fingerprint density at radius 2 is 2.20 bits per heavy atom. The molecule has 2 aromatic rings. The van der Waals surface area contributed by atoms with E-state index >= 15 is 0 Å². The number of pyridine rings is 1. The van der Waals surface area contributed by atoms with Crippen LogP contribution in [0.4, 0.5) is 5.82 Å². The van der Waals surface area contributed by atoms with Crippen LogP contribution in [0.1, 0.15) is 5.56 Å². The van der Waals surface area contributed by atoms with Crippen molar-refractivity contribution >= 4 is 22.7 Å². The Labute approximate surface area is 116 Å². The number of aromatic nitrogens is 1. The van der Waals surface area contributed by atoms with Crippen molar-refractivity contribution < 1.29 is 9.90 Å². The third-order valence-corrected chi connectivity index (χ3v) is 2.76. The van der Waals surface area contributed by atoms with E-state index in [2.05, 4.69) is 17.0 Å². The highest BCUT2D eigenvalue weighted by Crippen LogP contribution is 2.22. The molecule has 0 fully saturated rings. The Morgan fingerprint density at radius 3 is 2.85 bits per heavy atom. The number of carboxylic acid groups (broad SMARTS) is 1. The van der Waals surface area contributed by atoms with E-state index in [4.69, 9.17) is 11.5 Å². The summed E-state index contributed by atoms with van der Waals surface area (Å²) >= 11 is 0. The number of nitrogens with zero attached hydrogens (tertiary/aromatic N) is 3. The molecule has 0 aliphatic heterocycles. The van der Waals surface area contributed by atoms with Gasteiger partial charge in [-0.1, -0.05) is 24.1 Å². The van der Waals surface area contributed by atoms with Gasteiger partial charge >= 0.3 is 5.97 Å². The molecule has 1 aromatic carbocycles. The Kier molecular flexibility index (Phi) is 3.83. The molecule has 0 bridgehead atoms. The summed E-state index contributed by atoms with van der Waals surface area (Å²) in [4.78, 5) is 16.7. The number of hydrogen-bond donors (Lipinski definition) is 1. The van der Waals surface area contributed by atoms with E-state index in [0.717, 1.165) is 5.39 Å². The fourth-order valence-electron chi connectivity index (χ4n) is 1.91. The van der Waals surface area contributed by atoms with E-state index in [1.165, 1.54) is 4.90 Å². The van der Waals surface area contributed by atoms with E-state index < -0.39 is 5.97 Å². The van der Waals surface area contributed by atoms with Gasteiger partial charge in [-0.2, -0.15) is 5.26 Å². The maximum Gasteiger partial charge on any atom is 0.323 e. The van der Waals surface area contributed by atoms with Crippen LogP contribution in [-0.2, 0) is 4.79 Å². The fraction of sp³-hybridized carbons (Fsp3) is 0.133. The maximum absolute atomic E-state index is 10.9. The largest absolute Gasteiger partial charge is 0.480 e. The molecule has 1 N–H and O–H groups in total. The molecule has 20 heavy (non-hydrogen) atoms. The van der Waals surface area contributed by atoms with Gasteiger partial charge in [-0.25, -0.2) is 4.98 Å². The number of carboxylic acids is 1. The average Bonchev–Trinajstić information content (AvgIpc) is 2.45. The van der Waals surface area contributed by atoms with Crippen LogP contribution in [0.15, 0.2) is 30.3 Å². The SMILES string of the molecule is C#CCN(CC(=O)O)c1cc(C#N)c2ccccc2n1. The number of aliphatic carboxylic acids is 1. The van der Waals surface area contributed by atoms with Crippen molar-refractivity contribution in [2.75, 3.05) is 18.0 Å². The van der Waals surface area contributed by atoms with Crippen molar-refractivity contribution in [1.82, 2.24) is 4.98 Å². The second-order valence-corrected chi connectivity index (χ2v) is 4.11. The van der Waals surface area contributed by atoms with Gasteiger partial charge in [0.25, 0.3) is 0 Å². The van der Waals surface area contributed by atoms with Crippen LogP contribution >= 0.6 is 0 Å². The summed E-state index contributed by atoms with van der Waals surface area (Å²) in [5.74, 6) is 1.78. The number of rotatable bonds is 4. The first kappa shape index (κ1) is 13.4. The van der Waals surface area contributed by atoms with E-state index in [9.17, 15) is 10.1 Å². The van der Waals surface area contributed by atoms with Gasteiger partial charge in [-0.15, -0.1) is 6.42 Å². The van der Waals surface area contributed by atoms with Crippen molar-refractivity contribution in [2.24, 2.45) is 0 Å². The highest BCUT2D eigenvalue weighted by molar-refractivity contribution is 5.87. The average molecular weight is 265 g/mol. The number of anilines is 1. The number of hydrogen-bond acceptors (Lipinski definition) is 4. The third-order valence-electron chi connectivity index (χ3n) is 2.76. The van der Waals surface area contributed by atoms with Gasteiger partial charge in [-0.05, 0) is 12.1 Å². The van der Waals surface area contributed by atoms with Crippen molar-refractivity contribution in [2.45, 2.75) is 0 Å². The lowest BCUT2D eigenvalue weighted by molar-refractivity contribution is -0.135. The number of terminal acetylenes is 1. The first-order valence-electron chi connectivity index (χ1n) is 5.86. The van der Waals surface area contributed by atoms with Crippen LogP contribution in [0.5, 0.6) is 0 Å². The zero-order chi connectivity index (χ0) is 14.5. The van der Waals surface area contributed by atoms with E-state index in [1.807, 2.05) is 12.1 Å². The topological polar surface area (TPSA) is 77.2 Å². The lowest BCUT2D eigenvalue weighted by Crippen LogP contribution is -2.30. The molecular formula is C15H11N3O2. The summed E-state index contributed by atoms with van der Waals surface area (Å²) in [6.45, 7) is -0.150. The van der Waals surface area contributed by atoms with E-state index in [1.54, 1.807) is 18.2 Å². The van der Waals surface area contributed by atoms with Gasteiger partial charge in [0.1, 0.15) is 12.4 Å². The lowest BCUT2D eigenvalue weighted by atomic mass is 10.1. The zero-order valence-corrected chi connectivity index (χ0v) is 10.6. The molecule has 1 aromatic heterocycles. The molecule has 0 saturated heterocycles. The summed E-state index contributed by atoms with van der Waals surface area (Å²) in [6, 6.07) is 10.9. The first-order chi connectivity index (χ1) is 9.65. The van der Waals surface area contributed by atoms with E-state index in [-0.39, 0.29) is 13.1 Å². The molecule has 5 nitrogen and oxygen atoms in total. The van der Waals surface area contributed by atoms with Crippen molar-refractivity contribution in [1.29, 1.82) is 5.26 Å². The molecule has 0 spiro atoms. The summed E-state index contributed by atoms with van der Waals surface area (Å²) in [5, 5.41) is 18.8. The standard InChI is InChI=1S/C15H11N3O2/c1-2-7-18(10-15(19)20)14-8-11(9-16)12-5-3-4-6-13(12)17-14/h1,3-6,8H,7,10H2,(H,19,20). The van der Waals surface area contributed by atoms with Gasteiger partial charge in [0, 0.05) is 5.39 Å². The molecule has 0 aliphatic carbocycles. The number of carbonyl (C=O) groups is 1. The van der Waals surface area contributed by atoms with Crippen LogP contribution in [-0.4, -0.2) is 29.1 Å². The molecular weight excluding hydrogens is 254 g/mol. The second-order valence-electron chi connectivity index (χ2n) is 4.11. The first-order valence-corrected chi connectivity index (χ1v) is 5.86. The molecule has 5 heteroatoms. The molecule has 0 atom stereocenters. The minimum Gasteiger partial charge on any atom is -0.480 e. The normalized spacial score (nSPS) is 9.70. The Balaban J connectivity index is 2.56. The van der Waals surface area contributed by atoms with Gasteiger partial charge in [0.2, 0.25) is 0 Å². The zero-order valence-electron chi connectivity index (χ0n) is 10.6. The Bertz CT molecular complexity index is 741. The van der Waals surface area contributed by atoms with Gasteiger partial charge < -0.3 is 10.0 Å². The number of para-hydroxylation sites is 1. The van der Waals surface area contributed by atoms with Crippen LogP contribution in [0.2, 0.25) is 0 Å². The quantitative estimate of drug-likeness (QED) is 0.850. The highest BCUT2D eigenvalue weighted by atomic mass is 16.4. The summed E-state index contributed by atoms with van der Waals surface area (Å²) < 4.78 is 0.